The Kier molecular flexibility index (Phi) is 5.67. The van der Waals surface area contributed by atoms with Gasteiger partial charge in [-0.25, -0.2) is 4.98 Å². The minimum atomic E-state index is -0.498. The van der Waals surface area contributed by atoms with Gasteiger partial charge in [0.2, 0.25) is 0 Å². The van der Waals surface area contributed by atoms with Crippen molar-refractivity contribution in [3.05, 3.63) is 54.3 Å². The molecule has 8 heteroatoms. The van der Waals surface area contributed by atoms with Crippen LogP contribution >= 0.6 is 11.3 Å². The van der Waals surface area contributed by atoms with Gasteiger partial charge in [-0.1, -0.05) is 23.5 Å². The van der Waals surface area contributed by atoms with Gasteiger partial charge in [0.25, 0.3) is 5.91 Å². The summed E-state index contributed by atoms with van der Waals surface area (Å²) in [5, 5.41) is 1.40. The molecule has 2 aromatic heterocycles. The van der Waals surface area contributed by atoms with E-state index in [1.54, 1.807) is 19.2 Å². The molecule has 154 valence electrons. The zero-order valence-electron chi connectivity index (χ0n) is 16.6. The van der Waals surface area contributed by atoms with Crippen molar-refractivity contribution in [1.29, 1.82) is 0 Å². The lowest BCUT2D eigenvalue weighted by Crippen LogP contribution is -2.34. The molecule has 4 rings (SSSR count). The van der Waals surface area contributed by atoms with Crippen molar-refractivity contribution in [2.45, 2.75) is 13.3 Å². The lowest BCUT2D eigenvalue weighted by molar-refractivity contribution is -0.147. The zero-order chi connectivity index (χ0) is 21.1. The van der Waals surface area contributed by atoms with Crippen LogP contribution in [-0.4, -0.2) is 37.1 Å². The number of aromatic nitrogens is 1. The van der Waals surface area contributed by atoms with E-state index < -0.39 is 5.97 Å². The van der Waals surface area contributed by atoms with Crippen LogP contribution in [0.5, 0.6) is 5.75 Å². The summed E-state index contributed by atoms with van der Waals surface area (Å²) in [5.74, 6) is -0.139. The molecule has 0 saturated heterocycles. The Labute approximate surface area is 176 Å². The van der Waals surface area contributed by atoms with Crippen LogP contribution in [0, 0.1) is 0 Å². The Morgan fingerprint density at radius 3 is 2.80 bits per heavy atom. The van der Waals surface area contributed by atoms with Gasteiger partial charge in [-0.2, -0.15) is 0 Å². The predicted molar refractivity (Wildman–Crippen MR) is 115 cm³/mol. The van der Waals surface area contributed by atoms with E-state index in [0.29, 0.717) is 28.6 Å². The molecule has 1 amide bonds. The molecule has 2 aromatic carbocycles. The maximum Gasteiger partial charge on any atom is 0.310 e. The average molecular weight is 424 g/mol. The summed E-state index contributed by atoms with van der Waals surface area (Å²) >= 11 is 1.43. The van der Waals surface area contributed by atoms with Gasteiger partial charge >= 0.3 is 5.97 Å². The number of furan rings is 1. The number of hydrogen-bond donors (Lipinski definition) is 0. The number of thiazole rings is 1. The van der Waals surface area contributed by atoms with Crippen molar-refractivity contribution in [3.8, 4) is 5.75 Å². The molecular formula is C22H20N2O5S. The molecule has 0 atom stereocenters. The normalized spacial score (nSPS) is 11.0. The van der Waals surface area contributed by atoms with E-state index in [0.717, 1.165) is 15.6 Å². The van der Waals surface area contributed by atoms with Crippen LogP contribution in [0.15, 0.2) is 53.1 Å². The summed E-state index contributed by atoms with van der Waals surface area (Å²) < 4.78 is 16.9. The van der Waals surface area contributed by atoms with Gasteiger partial charge in [-0.15, -0.1) is 0 Å². The van der Waals surface area contributed by atoms with Crippen LogP contribution in [-0.2, 0) is 20.7 Å². The Hall–Kier alpha value is -3.39. The number of ether oxygens (including phenoxy) is 2. The summed E-state index contributed by atoms with van der Waals surface area (Å²) in [7, 11) is 1.58. The summed E-state index contributed by atoms with van der Waals surface area (Å²) in [6, 6.07) is 13.1. The standard InChI is InChI=1S/C22H20N2O5S/c1-3-24(22-23-17-6-4-5-7-19(17)30-22)20(25)13-29-21(26)10-14-12-28-18-11-15(27-2)8-9-16(14)18/h4-9,11-12H,3,10,13H2,1-2H3. The first-order valence-electron chi connectivity index (χ1n) is 9.44. The van der Waals surface area contributed by atoms with Gasteiger partial charge in [0, 0.05) is 23.6 Å². The van der Waals surface area contributed by atoms with Crippen LogP contribution in [0.3, 0.4) is 0 Å². The van der Waals surface area contributed by atoms with Gasteiger partial charge in [0.1, 0.15) is 11.3 Å². The second-order valence-corrected chi connectivity index (χ2v) is 7.57. The molecule has 0 fully saturated rings. The molecule has 30 heavy (non-hydrogen) atoms. The summed E-state index contributed by atoms with van der Waals surface area (Å²) in [4.78, 5) is 30.9. The second-order valence-electron chi connectivity index (χ2n) is 6.56. The van der Waals surface area contributed by atoms with E-state index in [1.807, 2.05) is 37.3 Å². The highest BCUT2D eigenvalue weighted by atomic mass is 32.1. The molecule has 7 nitrogen and oxygen atoms in total. The van der Waals surface area contributed by atoms with E-state index in [1.165, 1.54) is 22.5 Å². The number of benzene rings is 2. The molecule has 0 N–H and O–H groups in total. The predicted octanol–water partition coefficient (Wildman–Crippen LogP) is 4.19. The Morgan fingerprint density at radius 1 is 1.20 bits per heavy atom. The number of methoxy groups -OCH3 is 1. The SMILES string of the molecule is CCN(C(=O)COC(=O)Cc1coc2cc(OC)ccc12)c1nc2ccccc2s1. The van der Waals surface area contributed by atoms with Crippen LogP contribution in [0.1, 0.15) is 12.5 Å². The second kappa shape index (κ2) is 8.54. The fraction of sp³-hybridized carbons (Fsp3) is 0.227. The van der Waals surface area contributed by atoms with Crippen LogP contribution in [0.2, 0.25) is 0 Å². The fourth-order valence-electron chi connectivity index (χ4n) is 3.15. The number of para-hydroxylation sites is 1. The molecule has 0 aliphatic rings. The number of hydrogen-bond acceptors (Lipinski definition) is 7. The van der Waals surface area contributed by atoms with Gasteiger partial charge < -0.3 is 13.9 Å². The summed E-state index contributed by atoms with van der Waals surface area (Å²) in [6.07, 6.45) is 1.53. The highest BCUT2D eigenvalue weighted by Gasteiger charge is 2.20. The lowest BCUT2D eigenvalue weighted by Gasteiger charge is -2.17. The number of fused-ring (bicyclic) bond motifs is 2. The average Bonchev–Trinajstić information content (AvgIpc) is 3.36. The number of nitrogens with zero attached hydrogens (tertiary/aromatic N) is 2. The number of rotatable bonds is 7. The Bertz CT molecular complexity index is 1180. The van der Waals surface area contributed by atoms with E-state index >= 15 is 0 Å². The molecule has 0 unspecified atom stereocenters. The van der Waals surface area contributed by atoms with Crippen molar-refractivity contribution >= 4 is 49.5 Å². The highest BCUT2D eigenvalue weighted by Crippen LogP contribution is 2.29. The lowest BCUT2D eigenvalue weighted by atomic mass is 10.1. The maximum atomic E-state index is 12.6. The number of carbonyl (C=O) groups is 2. The number of carbonyl (C=O) groups excluding carboxylic acids is 2. The molecule has 4 aromatic rings. The molecule has 0 radical (unpaired) electrons. The number of likely N-dealkylation sites (N-methyl/N-ethyl adjacent to an activating group) is 1. The number of anilines is 1. The van der Waals surface area contributed by atoms with Crippen LogP contribution in [0.4, 0.5) is 5.13 Å². The van der Waals surface area contributed by atoms with Crippen molar-refractivity contribution in [1.82, 2.24) is 4.98 Å². The van der Waals surface area contributed by atoms with Crippen molar-refractivity contribution in [2.75, 3.05) is 25.2 Å². The fourth-order valence-corrected chi connectivity index (χ4v) is 4.19. The maximum absolute atomic E-state index is 12.6. The zero-order valence-corrected chi connectivity index (χ0v) is 17.4. The van der Waals surface area contributed by atoms with E-state index in [2.05, 4.69) is 4.98 Å². The molecule has 2 heterocycles. The third-order valence-electron chi connectivity index (χ3n) is 4.69. The molecular weight excluding hydrogens is 404 g/mol. The first-order valence-corrected chi connectivity index (χ1v) is 10.3. The molecule has 0 saturated carbocycles. The van der Waals surface area contributed by atoms with Gasteiger partial charge in [-0.3, -0.25) is 14.5 Å². The molecule has 0 aliphatic heterocycles. The first kappa shape index (κ1) is 19.9. The van der Waals surface area contributed by atoms with E-state index in [4.69, 9.17) is 13.9 Å². The Balaban J connectivity index is 1.39. The molecule has 0 bridgehead atoms. The van der Waals surface area contributed by atoms with Crippen molar-refractivity contribution in [2.24, 2.45) is 0 Å². The Morgan fingerprint density at radius 2 is 2.03 bits per heavy atom. The topological polar surface area (TPSA) is 81.9 Å². The monoisotopic (exact) mass is 424 g/mol. The van der Waals surface area contributed by atoms with Crippen molar-refractivity contribution < 1.29 is 23.5 Å². The van der Waals surface area contributed by atoms with E-state index in [-0.39, 0.29) is 18.9 Å². The highest BCUT2D eigenvalue weighted by molar-refractivity contribution is 7.22. The first-order chi connectivity index (χ1) is 14.6. The van der Waals surface area contributed by atoms with Gasteiger partial charge in [0.15, 0.2) is 11.7 Å². The third-order valence-corrected chi connectivity index (χ3v) is 5.74. The summed E-state index contributed by atoms with van der Waals surface area (Å²) in [5.41, 5.74) is 2.16. The minimum absolute atomic E-state index is 0.0138. The van der Waals surface area contributed by atoms with Crippen molar-refractivity contribution in [3.63, 3.8) is 0 Å². The quantitative estimate of drug-likeness (QED) is 0.414. The van der Waals surface area contributed by atoms with Gasteiger partial charge in [-0.05, 0) is 31.2 Å². The number of esters is 1. The summed E-state index contributed by atoms with van der Waals surface area (Å²) in [6.45, 7) is 1.95. The minimum Gasteiger partial charge on any atom is -0.497 e. The van der Waals surface area contributed by atoms with E-state index in [9.17, 15) is 9.59 Å². The third kappa shape index (κ3) is 3.99. The smallest absolute Gasteiger partial charge is 0.310 e. The molecule has 0 spiro atoms. The van der Waals surface area contributed by atoms with Crippen LogP contribution in [0.25, 0.3) is 21.2 Å². The number of amides is 1. The largest absolute Gasteiger partial charge is 0.497 e. The van der Waals surface area contributed by atoms with Crippen LogP contribution < -0.4 is 9.64 Å². The molecule has 0 aliphatic carbocycles. The van der Waals surface area contributed by atoms with Gasteiger partial charge in [0.05, 0.1) is 30.0 Å².